The number of aryl methyl sites for hydroxylation is 1. The third kappa shape index (κ3) is 7.47. The number of aliphatic hydroxyl groups is 1. The molecular weight excluding hydrogens is 462 g/mol. The molecule has 5 nitrogen and oxygen atoms in total. The number of nitrogens with zero attached hydrogens (tertiary/aromatic N) is 1. The number of Topliss-reactive ketones (excluding diaryl/α,β-unsaturated/α-hetero) is 1. The van der Waals surface area contributed by atoms with Crippen LogP contribution in [-0.4, -0.2) is 35.4 Å². The lowest BCUT2D eigenvalue weighted by Crippen LogP contribution is -2.30. The van der Waals surface area contributed by atoms with Gasteiger partial charge in [0.05, 0.1) is 18.7 Å². The fraction of sp³-hybridized carbons (Fsp3) is 0.500. The standard InChI is InChI=1S/C32H43NO4/c1-4-6-7-8-9-10-11-12-13-14-23-33-29(25-17-15-24(5-2)16-18-25)28(31(35)32(33)36)30(34)26-19-21-27(37-3)22-20-26/h15-22,29,34H,4-14,23H2,1-3H3/t29-/m0/s1. The van der Waals surface area contributed by atoms with E-state index in [9.17, 15) is 14.7 Å². The summed E-state index contributed by atoms with van der Waals surface area (Å²) in [6.45, 7) is 4.83. The first-order valence-corrected chi connectivity index (χ1v) is 14.0. The molecule has 1 fully saturated rings. The van der Waals surface area contributed by atoms with Crippen LogP contribution in [0.1, 0.15) is 101 Å². The summed E-state index contributed by atoms with van der Waals surface area (Å²) in [5, 5.41) is 11.2. The van der Waals surface area contributed by atoms with Crippen LogP contribution in [0.3, 0.4) is 0 Å². The fourth-order valence-electron chi connectivity index (χ4n) is 5.07. The van der Waals surface area contributed by atoms with Crippen LogP contribution >= 0.6 is 0 Å². The van der Waals surface area contributed by atoms with E-state index in [2.05, 4.69) is 13.8 Å². The van der Waals surface area contributed by atoms with Crippen molar-refractivity contribution < 1.29 is 19.4 Å². The second-order valence-corrected chi connectivity index (χ2v) is 10.00. The molecule has 5 heteroatoms. The van der Waals surface area contributed by atoms with Crippen molar-refractivity contribution in [2.75, 3.05) is 13.7 Å². The number of rotatable bonds is 15. The van der Waals surface area contributed by atoms with Gasteiger partial charge in [0.15, 0.2) is 0 Å². The average Bonchev–Trinajstić information content (AvgIpc) is 3.18. The summed E-state index contributed by atoms with van der Waals surface area (Å²) < 4.78 is 5.22. The zero-order valence-corrected chi connectivity index (χ0v) is 22.8. The number of benzene rings is 2. The van der Waals surface area contributed by atoms with Gasteiger partial charge in [0.1, 0.15) is 11.5 Å². The number of ether oxygens (including phenoxy) is 1. The van der Waals surface area contributed by atoms with Crippen molar-refractivity contribution in [1.29, 1.82) is 0 Å². The van der Waals surface area contributed by atoms with Gasteiger partial charge in [-0.15, -0.1) is 0 Å². The van der Waals surface area contributed by atoms with Crippen LogP contribution in [0.2, 0.25) is 0 Å². The third-order valence-corrected chi connectivity index (χ3v) is 7.36. The molecule has 1 heterocycles. The summed E-state index contributed by atoms with van der Waals surface area (Å²) in [7, 11) is 1.58. The summed E-state index contributed by atoms with van der Waals surface area (Å²) in [6.07, 6.45) is 13.0. The molecule has 0 radical (unpaired) electrons. The van der Waals surface area contributed by atoms with Gasteiger partial charge in [-0.3, -0.25) is 9.59 Å². The Bertz CT molecular complexity index is 1040. The van der Waals surface area contributed by atoms with E-state index in [-0.39, 0.29) is 11.3 Å². The number of carbonyl (C=O) groups excluding carboxylic acids is 2. The van der Waals surface area contributed by atoms with Crippen LogP contribution in [0.25, 0.3) is 5.76 Å². The second-order valence-electron chi connectivity index (χ2n) is 10.00. The van der Waals surface area contributed by atoms with Gasteiger partial charge in [-0.2, -0.15) is 0 Å². The van der Waals surface area contributed by atoms with E-state index < -0.39 is 17.7 Å². The van der Waals surface area contributed by atoms with Crippen molar-refractivity contribution in [2.24, 2.45) is 0 Å². The van der Waals surface area contributed by atoms with E-state index in [0.717, 1.165) is 31.2 Å². The van der Waals surface area contributed by atoms with Crippen LogP contribution in [0.15, 0.2) is 54.1 Å². The molecule has 3 rings (SSSR count). The van der Waals surface area contributed by atoms with Crippen LogP contribution < -0.4 is 4.74 Å². The lowest BCUT2D eigenvalue weighted by atomic mass is 9.94. The summed E-state index contributed by atoms with van der Waals surface area (Å²) in [4.78, 5) is 28.0. The zero-order chi connectivity index (χ0) is 26.6. The van der Waals surface area contributed by atoms with Crippen molar-refractivity contribution in [3.05, 3.63) is 70.8 Å². The highest BCUT2D eigenvalue weighted by atomic mass is 16.5. The molecule has 0 bridgehead atoms. The monoisotopic (exact) mass is 505 g/mol. The smallest absolute Gasteiger partial charge is 0.295 e. The first kappa shape index (κ1) is 28.5. The van der Waals surface area contributed by atoms with Gasteiger partial charge >= 0.3 is 0 Å². The average molecular weight is 506 g/mol. The molecule has 0 aromatic heterocycles. The van der Waals surface area contributed by atoms with E-state index in [1.165, 1.54) is 50.5 Å². The molecule has 0 spiro atoms. The Balaban J connectivity index is 1.74. The number of ketones is 1. The van der Waals surface area contributed by atoms with E-state index in [1.54, 1.807) is 36.3 Å². The summed E-state index contributed by atoms with van der Waals surface area (Å²) in [6, 6.07) is 14.3. The van der Waals surface area contributed by atoms with E-state index >= 15 is 0 Å². The first-order valence-electron chi connectivity index (χ1n) is 14.0. The van der Waals surface area contributed by atoms with Gasteiger partial charge in [-0.05, 0) is 48.2 Å². The Morgan fingerprint density at radius 1 is 0.811 bits per heavy atom. The molecule has 200 valence electrons. The summed E-state index contributed by atoms with van der Waals surface area (Å²) in [5.41, 5.74) is 2.68. The Morgan fingerprint density at radius 3 is 1.92 bits per heavy atom. The quantitative estimate of drug-likeness (QED) is 0.117. The van der Waals surface area contributed by atoms with Crippen LogP contribution in [-0.2, 0) is 16.0 Å². The Hall–Kier alpha value is -3.08. The first-order chi connectivity index (χ1) is 18.0. The zero-order valence-electron chi connectivity index (χ0n) is 22.8. The van der Waals surface area contributed by atoms with Crippen molar-refractivity contribution in [1.82, 2.24) is 4.90 Å². The highest BCUT2D eigenvalue weighted by molar-refractivity contribution is 6.46. The highest BCUT2D eigenvalue weighted by Crippen LogP contribution is 2.40. The molecule has 0 unspecified atom stereocenters. The normalized spacial score (nSPS) is 16.9. The minimum atomic E-state index is -0.620. The SMILES string of the molecule is CCCCCCCCCCCCN1C(=O)C(=O)C(=C(O)c2ccc(OC)cc2)[C@@H]1c1ccc(CC)cc1. The summed E-state index contributed by atoms with van der Waals surface area (Å²) >= 11 is 0. The number of amides is 1. The molecule has 2 aromatic rings. The number of unbranched alkanes of at least 4 members (excludes halogenated alkanes) is 9. The lowest BCUT2D eigenvalue weighted by Gasteiger charge is -2.25. The molecule has 1 atom stereocenters. The van der Waals surface area contributed by atoms with Crippen molar-refractivity contribution in [3.8, 4) is 5.75 Å². The number of hydrogen-bond acceptors (Lipinski definition) is 4. The molecule has 37 heavy (non-hydrogen) atoms. The van der Waals surface area contributed by atoms with E-state index in [0.29, 0.717) is 17.9 Å². The summed E-state index contributed by atoms with van der Waals surface area (Å²) in [5.74, 6) is -0.638. The molecule has 1 saturated heterocycles. The molecule has 1 amide bonds. The van der Waals surface area contributed by atoms with E-state index in [1.807, 2.05) is 24.3 Å². The molecule has 0 saturated carbocycles. The number of carbonyl (C=O) groups is 2. The van der Waals surface area contributed by atoms with Crippen LogP contribution in [0.4, 0.5) is 0 Å². The van der Waals surface area contributed by atoms with Gasteiger partial charge in [-0.25, -0.2) is 0 Å². The van der Waals surface area contributed by atoms with Gasteiger partial charge in [0.25, 0.3) is 11.7 Å². The number of hydrogen-bond donors (Lipinski definition) is 1. The van der Waals surface area contributed by atoms with Crippen LogP contribution in [0, 0.1) is 0 Å². The van der Waals surface area contributed by atoms with Crippen molar-refractivity contribution in [3.63, 3.8) is 0 Å². The minimum absolute atomic E-state index is 0.142. The van der Waals surface area contributed by atoms with E-state index in [4.69, 9.17) is 4.74 Å². The minimum Gasteiger partial charge on any atom is -0.507 e. The number of likely N-dealkylation sites (tertiary alicyclic amines) is 1. The molecule has 1 aliphatic rings. The molecule has 1 aliphatic heterocycles. The second kappa shape index (κ2) is 14.6. The Labute approximate surface area is 222 Å². The van der Waals surface area contributed by atoms with Crippen molar-refractivity contribution in [2.45, 2.75) is 90.5 Å². The third-order valence-electron chi connectivity index (χ3n) is 7.36. The maximum Gasteiger partial charge on any atom is 0.295 e. The Kier molecular flexibility index (Phi) is 11.2. The maximum atomic E-state index is 13.2. The van der Waals surface area contributed by atoms with Crippen molar-refractivity contribution >= 4 is 17.4 Å². The number of methoxy groups -OCH3 is 1. The molecular formula is C32H43NO4. The van der Waals surface area contributed by atoms with Gasteiger partial charge in [0, 0.05) is 12.1 Å². The molecule has 1 N–H and O–H groups in total. The Morgan fingerprint density at radius 2 is 1.38 bits per heavy atom. The van der Waals surface area contributed by atoms with Crippen LogP contribution in [0.5, 0.6) is 5.75 Å². The molecule has 0 aliphatic carbocycles. The fourth-order valence-corrected chi connectivity index (χ4v) is 5.07. The number of aliphatic hydroxyl groups excluding tert-OH is 1. The highest BCUT2D eigenvalue weighted by Gasteiger charge is 2.45. The lowest BCUT2D eigenvalue weighted by molar-refractivity contribution is -0.139. The molecule has 2 aromatic carbocycles. The maximum absolute atomic E-state index is 13.2. The predicted molar refractivity (Wildman–Crippen MR) is 150 cm³/mol. The van der Waals surface area contributed by atoms with Gasteiger partial charge < -0.3 is 14.7 Å². The van der Waals surface area contributed by atoms with Gasteiger partial charge in [-0.1, -0.05) is 95.9 Å². The topological polar surface area (TPSA) is 66.8 Å². The van der Waals surface area contributed by atoms with Gasteiger partial charge in [0.2, 0.25) is 0 Å². The largest absolute Gasteiger partial charge is 0.507 e. The predicted octanol–water partition coefficient (Wildman–Crippen LogP) is 7.60.